The number of nitroso groups, excluding NO2 is 1. The normalized spacial score (nSPS) is 27.3. The molecule has 1 saturated heterocycles. The van der Waals surface area contributed by atoms with Crippen molar-refractivity contribution in [3.63, 3.8) is 0 Å². The molecule has 0 saturated carbocycles. The molecule has 0 aromatic rings. The molecule has 0 aromatic heterocycles. The van der Waals surface area contributed by atoms with Crippen molar-refractivity contribution >= 4 is 11.6 Å². The third-order valence-corrected chi connectivity index (χ3v) is 5.03. The van der Waals surface area contributed by atoms with E-state index in [0.717, 1.165) is 50.5 Å². The van der Waals surface area contributed by atoms with Crippen LogP contribution in [0.2, 0.25) is 0 Å². The molecule has 1 heterocycles. The molecule has 1 aliphatic heterocycles. The minimum atomic E-state index is 0.399. The lowest BCUT2D eigenvalue weighted by Gasteiger charge is -2.42. The van der Waals surface area contributed by atoms with Crippen LogP contribution >= 0.6 is 11.6 Å². The fourth-order valence-electron chi connectivity index (χ4n) is 3.55. The maximum absolute atomic E-state index is 10.7. The van der Waals surface area contributed by atoms with Gasteiger partial charge in [-0.3, -0.25) is 9.91 Å². The second-order valence-electron chi connectivity index (χ2n) is 6.07. The highest BCUT2D eigenvalue weighted by Gasteiger charge is 2.31. The van der Waals surface area contributed by atoms with Crippen LogP contribution in [0.1, 0.15) is 19.3 Å². The van der Waals surface area contributed by atoms with Crippen LogP contribution in [0.4, 0.5) is 0 Å². The maximum Gasteiger partial charge on any atom is 0.0524 e. The molecule has 3 rings (SSSR count). The predicted octanol–water partition coefficient (Wildman–Crippen LogP) is 3.63. The molecule has 0 spiro atoms. The molecule has 22 heavy (non-hydrogen) atoms. The summed E-state index contributed by atoms with van der Waals surface area (Å²) in [5.74, 6) is 0.497. The van der Waals surface area contributed by atoms with Gasteiger partial charge in [-0.05, 0) is 18.8 Å². The number of hydrogen-bond acceptors (Lipinski definition) is 3. The molecular weight excluding hydrogens is 298 g/mol. The van der Waals surface area contributed by atoms with E-state index >= 15 is 0 Å². The second kappa shape index (κ2) is 7.25. The van der Waals surface area contributed by atoms with Gasteiger partial charge < -0.3 is 0 Å². The fraction of sp³-hybridized carbons (Fsp3) is 0.529. The first kappa shape index (κ1) is 15.5. The number of halogens is 1. The molecule has 0 radical (unpaired) electrons. The Labute approximate surface area is 136 Å². The Morgan fingerprint density at radius 2 is 1.95 bits per heavy atom. The van der Waals surface area contributed by atoms with Crippen LogP contribution in [0.5, 0.6) is 0 Å². The Bertz CT molecular complexity index is 530. The molecule has 0 aromatic carbocycles. The van der Waals surface area contributed by atoms with E-state index in [-0.39, 0.29) is 0 Å². The van der Waals surface area contributed by atoms with Crippen LogP contribution < -0.4 is 0 Å². The standard InChI is InChI=1S/C17H22ClN3O/c18-16-8-6-15(7-9-16)17(14-4-2-1-3-5-14)20-10-12-21(19-22)13-11-20/h1-4,6,9,14,17H,5,7-8,10-13H2. The van der Waals surface area contributed by atoms with Crippen LogP contribution in [0, 0.1) is 10.8 Å². The van der Waals surface area contributed by atoms with Crippen molar-refractivity contribution in [2.75, 3.05) is 26.2 Å². The molecule has 0 bridgehead atoms. The van der Waals surface area contributed by atoms with Crippen molar-refractivity contribution in [1.29, 1.82) is 0 Å². The second-order valence-corrected chi connectivity index (χ2v) is 6.55. The molecule has 0 N–H and O–H groups in total. The molecule has 0 amide bonds. The van der Waals surface area contributed by atoms with Gasteiger partial charge in [-0.2, -0.15) is 0 Å². The monoisotopic (exact) mass is 319 g/mol. The fourth-order valence-corrected chi connectivity index (χ4v) is 3.70. The van der Waals surface area contributed by atoms with Gasteiger partial charge in [-0.15, -0.1) is 4.91 Å². The number of piperazine rings is 1. The van der Waals surface area contributed by atoms with E-state index in [1.165, 1.54) is 5.57 Å². The summed E-state index contributed by atoms with van der Waals surface area (Å²) in [6, 6.07) is 0.399. The van der Waals surface area contributed by atoms with E-state index in [9.17, 15) is 4.91 Å². The first-order chi connectivity index (χ1) is 10.8. The van der Waals surface area contributed by atoms with Gasteiger partial charge in [-0.1, -0.05) is 53.6 Å². The summed E-state index contributed by atoms with van der Waals surface area (Å²) in [5, 5.41) is 5.63. The Balaban J connectivity index is 1.76. The van der Waals surface area contributed by atoms with Crippen LogP contribution in [0.25, 0.3) is 0 Å². The first-order valence-electron chi connectivity index (χ1n) is 7.97. The van der Waals surface area contributed by atoms with Crippen molar-refractivity contribution in [2.45, 2.75) is 25.3 Å². The third kappa shape index (κ3) is 3.50. The average molecular weight is 320 g/mol. The van der Waals surface area contributed by atoms with Crippen LogP contribution in [0.3, 0.4) is 0 Å². The summed E-state index contributed by atoms with van der Waals surface area (Å²) in [4.78, 5) is 13.2. The number of hydrogen-bond donors (Lipinski definition) is 0. The van der Waals surface area contributed by atoms with Crippen molar-refractivity contribution in [3.8, 4) is 0 Å². The zero-order valence-corrected chi connectivity index (χ0v) is 13.5. The first-order valence-corrected chi connectivity index (χ1v) is 8.35. The van der Waals surface area contributed by atoms with Gasteiger partial charge in [0.15, 0.2) is 0 Å². The Hall–Kier alpha value is -1.39. The summed E-state index contributed by atoms with van der Waals surface area (Å²) in [7, 11) is 0. The minimum absolute atomic E-state index is 0.399. The van der Waals surface area contributed by atoms with Gasteiger partial charge >= 0.3 is 0 Å². The number of nitrogens with zero attached hydrogens (tertiary/aromatic N) is 3. The number of allylic oxidation sites excluding steroid dienone is 6. The molecular formula is C17H22ClN3O. The van der Waals surface area contributed by atoms with E-state index < -0.39 is 0 Å². The van der Waals surface area contributed by atoms with E-state index in [1.54, 1.807) is 5.01 Å². The molecule has 2 unspecified atom stereocenters. The maximum atomic E-state index is 10.7. The van der Waals surface area contributed by atoms with Gasteiger partial charge in [0, 0.05) is 30.6 Å². The zero-order chi connectivity index (χ0) is 15.4. The van der Waals surface area contributed by atoms with E-state index in [4.69, 9.17) is 11.6 Å². The largest absolute Gasteiger partial charge is 0.292 e. The molecule has 5 heteroatoms. The van der Waals surface area contributed by atoms with Gasteiger partial charge in [0.1, 0.15) is 0 Å². The van der Waals surface area contributed by atoms with E-state index in [2.05, 4.69) is 46.6 Å². The van der Waals surface area contributed by atoms with Crippen molar-refractivity contribution < 1.29 is 0 Å². The van der Waals surface area contributed by atoms with Crippen molar-refractivity contribution in [2.24, 2.45) is 11.2 Å². The minimum Gasteiger partial charge on any atom is -0.292 e. The Morgan fingerprint density at radius 1 is 1.14 bits per heavy atom. The Morgan fingerprint density at radius 3 is 2.55 bits per heavy atom. The summed E-state index contributed by atoms with van der Waals surface area (Å²) < 4.78 is 0. The van der Waals surface area contributed by atoms with Crippen molar-refractivity contribution in [1.82, 2.24) is 9.91 Å². The van der Waals surface area contributed by atoms with E-state index in [1.807, 2.05) is 0 Å². The number of rotatable bonds is 4. The Kier molecular flexibility index (Phi) is 5.11. The van der Waals surface area contributed by atoms with Gasteiger partial charge in [0.05, 0.1) is 18.4 Å². The van der Waals surface area contributed by atoms with E-state index in [0.29, 0.717) is 12.0 Å². The molecule has 2 aliphatic carbocycles. The topological polar surface area (TPSA) is 35.9 Å². The molecule has 3 aliphatic rings. The summed E-state index contributed by atoms with van der Waals surface area (Å²) in [6.07, 6.45) is 16.1. The van der Waals surface area contributed by atoms with Crippen LogP contribution in [0.15, 0.2) is 52.3 Å². The smallest absolute Gasteiger partial charge is 0.0524 e. The predicted molar refractivity (Wildman–Crippen MR) is 90.4 cm³/mol. The molecule has 118 valence electrons. The van der Waals surface area contributed by atoms with Crippen LogP contribution in [-0.4, -0.2) is 42.1 Å². The molecule has 2 atom stereocenters. The molecule has 4 nitrogen and oxygen atoms in total. The zero-order valence-electron chi connectivity index (χ0n) is 12.7. The summed E-state index contributed by atoms with van der Waals surface area (Å²) in [5.41, 5.74) is 1.46. The lowest BCUT2D eigenvalue weighted by molar-refractivity contribution is 0.0929. The molecule has 1 fully saturated rings. The average Bonchev–Trinajstić information content (AvgIpc) is 2.58. The van der Waals surface area contributed by atoms with Gasteiger partial charge in [-0.25, -0.2) is 0 Å². The highest BCUT2D eigenvalue weighted by Crippen LogP contribution is 2.32. The lowest BCUT2D eigenvalue weighted by atomic mass is 9.83. The highest BCUT2D eigenvalue weighted by molar-refractivity contribution is 6.29. The van der Waals surface area contributed by atoms with Gasteiger partial charge in [0.25, 0.3) is 0 Å². The SMILES string of the molecule is O=NN1CCN(C(C2=CCC(Cl)=CC2)C2C=CC=CC2)CC1. The van der Waals surface area contributed by atoms with Crippen molar-refractivity contribution in [3.05, 3.63) is 52.0 Å². The van der Waals surface area contributed by atoms with Crippen LogP contribution in [-0.2, 0) is 0 Å². The summed E-state index contributed by atoms with van der Waals surface area (Å²) in [6.45, 7) is 3.21. The lowest BCUT2D eigenvalue weighted by Crippen LogP contribution is -2.51. The van der Waals surface area contributed by atoms with Gasteiger partial charge in [0.2, 0.25) is 0 Å². The third-order valence-electron chi connectivity index (χ3n) is 4.72. The quantitative estimate of drug-likeness (QED) is 0.586. The highest BCUT2D eigenvalue weighted by atomic mass is 35.5. The summed E-state index contributed by atoms with van der Waals surface area (Å²) >= 11 is 6.12.